The van der Waals surface area contributed by atoms with E-state index in [-0.39, 0.29) is 23.3 Å². The van der Waals surface area contributed by atoms with Crippen LogP contribution in [0.4, 0.5) is 11.4 Å². The van der Waals surface area contributed by atoms with Crippen molar-refractivity contribution in [1.29, 1.82) is 0 Å². The van der Waals surface area contributed by atoms with Crippen LogP contribution in [0.3, 0.4) is 0 Å². The Morgan fingerprint density at radius 3 is 2.66 bits per heavy atom. The number of piperidine rings is 1. The fourth-order valence-electron chi connectivity index (χ4n) is 4.33. The van der Waals surface area contributed by atoms with Gasteiger partial charge in [0.15, 0.2) is 6.61 Å². The van der Waals surface area contributed by atoms with Gasteiger partial charge >= 0.3 is 5.97 Å². The largest absolute Gasteiger partial charge is 0.454 e. The minimum absolute atomic E-state index is 0.0160. The number of nitrogens with one attached hydrogen (secondary N) is 1. The van der Waals surface area contributed by atoms with E-state index in [2.05, 4.69) is 10.2 Å². The van der Waals surface area contributed by atoms with Crippen LogP contribution in [-0.2, 0) is 19.1 Å². The number of nitrogens with zero attached hydrogens (tertiary/aromatic N) is 2. The van der Waals surface area contributed by atoms with Crippen LogP contribution >= 0.6 is 11.8 Å². The molecule has 0 radical (unpaired) electrons. The first-order valence-corrected chi connectivity index (χ1v) is 11.2. The fraction of sp³-hybridized carbons (Fsp3) is 0.571. The van der Waals surface area contributed by atoms with Crippen molar-refractivity contribution in [3.63, 3.8) is 0 Å². The molecule has 156 valence electrons. The van der Waals surface area contributed by atoms with E-state index in [1.165, 1.54) is 19.3 Å². The van der Waals surface area contributed by atoms with Gasteiger partial charge in [-0.1, -0.05) is 0 Å². The van der Waals surface area contributed by atoms with Crippen molar-refractivity contribution in [3.05, 3.63) is 24.3 Å². The first-order chi connectivity index (χ1) is 14.0. The van der Waals surface area contributed by atoms with Crippen molar-refractivity contribution < 1.29 is 19.1 Å². The van der Waals surface area contributed by atoms with E-state index in [1.807, 2.05) is 31.2 Å². The second-order valence-electron chi connectivity index (χ2n) is 8.02. The zero-order valence-electron chi connectivity index (χ0n) is 16.7. The molecule has 2 atom stereocenters. The highest BCUT2D eigenvalue weighted by Gasteiger charge is 2.53. The number of amides is 2. The maximum Gasteiger partial charge on any atom is 0.330 e. The van der Waals surface area contributed by atoms with Gasteiger partial charge in [0, 0.05) is 36.6 Å². The highest BCUT2D eigenvalue weighted by molar-refractivity contribution is 8.01. The number of fused-ring (bicyclic) bond motifs is 1. The van der Waals surface area contributed by atoms with E-state index < -0.39 is 12.0 Å². The molecule has 29 heavy (non-hydrogen) atoms. The van der Waals surface area contributed by atoms with Crippen molar-refractivity contribution in [3.8, 4) is 0 Å². The molecule has 0 spiro atoms. The van der Waals surface area contributed by atoms with Gasteiger partial charge in [0.1, 0.15) is 6.04 Å². The zero-order chi connectivity index (χ0) is 20.4. The summed E-state index contributed by atoms with van der Waals surface area (Å²) in [4.78, 5) is 40.4. The lowest BCUT2D eigenvalue weighted by molar-refractivity contribution is -0.155. The number of benzene rings is 1. The topological polar surface area (TPSA) is 78.9 Å². The molecule has 0 saturated carbocycles. The third-order valence-corrected chi connectivity index (χ3v) is 7.44. The molecule has 0 aromatic heterocycles. The summed E-state index contributed by atoms with van der Waals surface area (Å²) in [5.41, 5.74) is 1.83. The van der Waals surface area contributed by atoms with Gasteiger partial charge in [0.25, 0.3) is 5.91 Å². The number of carbonyl (C=O) groups is 3. The van der Waals surface area contributed by atoms with E-state index in [1.54, 1.807) is 16.7 Å². The van der Waals surface area contributed by atoms with Gasteiger partial charge in [-0.05, 0) is 56.9 Å². The number of anilines is 2. The van der Waals surface area contributed by atoms with Crippen LogP contribution in [0.2, 0.25) is 0 Å². The highest BCUT2D eigenvalue weighted by Crippen LogP contribution is 2.47. The van der Waals surface area contributed by atoms with Gasteiger partial charge in [-0.3, -0.25) is 9.59 Å². The molecule has 3 fully saturated rings. The Labute approximate surface area is 175 Å². The third-order valence-electron chi connectivity index (χ3n) is 5.93. The molecule has 7 nitrogen and oxygen atoms in total. The monoisotopic (exact) mass is 417 g/mol. The molecule has 4 rings (SSSR count). The molecular weight excluding hydrogens is 390 g/mol. The minimum Gasteiger partial charge on any atom is -0.454 e. The number of esters is 1. The smallest absolute Gasteiger partial charge is 0.330 e. The second-order valence-corrected chi connectivity index (χ2v) is 9.52. The summed E-state index contributed by atoms with van der Waals surface area (Å²) in [7, 11) is 0. The van der Waals surface area contributed by atoms with Crippen LogP contribution in [0.1, 0.15) is 39.0 Å². The Balaban J connectivity index is 1.27. The van der Waals surface area contributed by atoms with Gasteiger partial charge < -0.3 is 19.9 Å². The predicted octanol–water partition coefficient (Wildman–Crippen LogP) is 2.61. The average molecular weight is 418 g/mol. The number of rotatable bonds is 5. The Bertz CT molecular complexity index is 794. The van der Waals surface area contributed by atoms with Gasteiger partial charge in [0.2, 0.25) is 5.91 Å². The molecule has 3 heterocycles. The lowest BCUT2D eigenvalue weighted by Crippen LogP contribution is -2.47. The van der Waals surface area contributed by atoms with E-state index >= 15 is 0 Å². The van der Waals surface area contributed by atoms with Gasteiger partial charge in [-0.15, -0.1) is 11.8 Å². The highest BCUT2D eigenvalue weighted by atomic mass is 32.2. The molecule has 8 heteroatoms. The van der Waals surface area contributed by atoms with Crippen molar-refractivity contribution in [2.75, 3.05) is 35.7 Å². The van der Waals surface area contributed by atoms with E-state index in [9.17, 15) is 14.4 Å². The van der Waals surface area contributed by atoms with E-state index in [4.69, 9.17) is 4.74 Å². The number of hydrogen-bond acceptors (Lipinski definition) is 6. The molecule has 0 unspecified atom stereocenters. The molecule has 3 saturated heterocycles. The van der Waals surface area contributed by atoms with Gasteiger partial charge in [0.05, 0.1) is 4.87 Å². The van der Waals surface area contributed by atoms with Gasteiger partial charge in [-0.25, -0.2) is 4.79 Å². The van der Waals surface area contributed by atoms with E-state index in [0.29, 0.717) is 17.9 Å². The standard InChI is InChI=1S/C21H27N3O4S/c1-21-10-9-19(26)24(21)17(14-29-21)20(27)28-13-18(25)22-15-5-7-16(8-6-15)23-11-3-2-4-12-23/h5-8,17H,2-4,9-14H2,1H3,(H,22,25)/t17-,21-/m0/s1. The molecule has 1 aromatic rings. The summed E-state index contributed by atoms with van der Waals surface area (Å²) in [5, 5.41) is 2.76. The van der Waals surface area contributed by atoms with Crippen molar-refractivity contribution in [1.82, 2.24) is 4.90 Å². The van der Waals surface area contributed by atoms with Crippen LogP contribution < -0.4 is 10.2 Å². The lowest BCUT2D eigenvalue weighted by atomic mass is 10.1. The van der Waals surface area contributed by atoms with Gasteiger partial charge in [-0.2, -0.15) is 0 Å². The van der Waals surface area contributed by atoms with Crippen LogP contribution in [0.25, 0.3) is 0 Å². The quantitative estimate of drug-likeness (QED) is 0.742. The van der Waals surface area contributed by atoms with Crippen LogP contribution in [0, 0.1) is 0 Å². The molecule has 1 aromatic carbocycles. The van der Waals surface area contributed by atoms with Crippen LogP contribution in [0.5, 0.6) is 0 Å². The zero-order valence-corrected chi connectivity index (χ0v) is 17.5. The summed E-state index contributed by atoms with van der Waals surface area (Å²) >= 11 is 1.61. The molecule has 2 amide bonds. The van der Waals surface area contributed by atoms with Crippen molar-refractivity contribution >= 4 is 40.9 Å². The molecular formula is C21H27N3O4S. The summed E-state index contributed by atoms with van der Waals surface area (Å²) in [6, 6.07) is 7.14. The minimum atomic E-state index is -0.600. The third kappa shape index (κ3) is 4.22. The average Bonchev–Trinajstić information content (AvgIpc) is 3.23. The van der Waals surface area contributed by atoms with Crippen LogP contribution in [-0.4, -0.2) is 59.0 Å². The molecule has 0 bridgehead atoms. The number of carbonyl (C=O) groups excluding carboxylic acids is 3. The molecule has 1 N–H and O–H groups in total. The number of ether oxygens (including phenoxy) is 1. The SMILES string of the molecule is C[C@]12CCC(=O)N1[C@H](C(=O)OCC(=O)Nc1ccc(N3CCCCC3)cc1)CS2. The summed E-state index contributed by atoms with van der Waals surface area (Å²) in [6.07, 6.45) is 4.92. The first kappa shape index (κ1) is 20.1. The summed E-state index contributed by atoms with van der Waals surface area (Å²) in [6.45, 7) is 3.77. The Morgan fingerprint density at radius 2 is 1.93 bits per heavy atom. The van der Waals surface area contributed by atoms with Crippen molar-refractivity contribution in [2.24, 2.45) is 0 Å². The predicted molar refractivity (Wildman–Crippen MR) is 113 cm³/mol. The summed E-state index contributed by atoms with van der Waals surface area (Å²) in [5.74, 6) is -0.393. The van der Waals surface area contributed by atoms with Crippen LogP contribution in [0.15, 0.2) is 24.3 Å². The number of hydrogen-bond donors (Lipinski definition) is 1. The normalized spacial score (nSPS) is 26.4. The lowest BCUT2D eigenvalue weighted by Gasteiger charge is -2.29. The summed E-state index contributed by atoms with van der Waals surface area (Å²) < 4.78 is 5.21. The van der Waals surface area contributed by atoms with E-state index in [0.717, 1.165) is 25.2 Å². The Kier molecular flexibility index (Phi) is 5.72. The fourth-order valence-corrected chi connectivity index (χ4v) is 5.75. The second kappa shape index (κ2) is 8.26. The molecule has 0 aliphatic carbocycles. The molecule has 3 aliphatic heterocycles. The number of thioether (sulfide) groups is 1. The van der Waals surface area contributed by atoms with Crippen molar-refractivity contribution in [2.45, 2.75) is 49.9 Å². The maximum atomic E-state index is 12.4. The maximum absolute atomic E-state index is 12.4. The Hall–Kier alpha value is -2.22. The Morgan fingerprint density at radius 1 is 1.21 bits per heavy atom. The molecule has 3 aliphatic rings. The first-order valence-electron chi connectivity index (χ1n) is 10.2.